The summed E-state index contributed by atoms with van der Waals surface area (Å²) in [5.41, 5.74) is 6.32. The van der Waals surface area contributed by atoms with Crippen molar-refractivity contribution in [1.29, 1.82) is 0 Å². The van der Waals surface area contributed by atoms with Crippen molar-refractivity contribution < 1.29 is 9.90 Å². The van der Waals surface area contributed by atoms with Gasteiger partial charge in [0.25, 0.3) is 0 Å². The van der Waals surface area contributed by atoms with Gasteiger partial charge in [-0.3, -0.25) is 4.79 Å². The number of nitrogens with two attached hydrogens (primary N) is 1. The summed E-state index contributed by atoms with van der Waals surface area (Å²) in [7, 11) is 0. The highest BCUT2D eigenvalue weighted by atomic mass is 16.3. The number of aliphatic hydroxyl groups excluding tert-OH is 1. The van der Waals surface area contributed by atoms with Gasteiger partial charge in [0.2, 0.25) is 0 Å². The first-order chi connectivity index (χ1) is 7.25. The summed E-state index contributed by atoms with van der Waals surface area (Å²) in [6, 6.07) is 8.40. The minimum absolute atomic E-state index is 0.0479. The van der Waals surface area contributed by atoms with Crippen LogP contribution in [0.3, 0.4) is 0 Å². The summed E-state index contributed by atoms with van der Waals surface area (Å²) in [6.45, 7) is 0.885. The Labute approximate surface area is 89.1 Å². The van der Waals surface area contributed by atoms with Gasteiger partial charge in [0, 0.05) is 18.7 Å². The lowest BCUT2D eigenvalue weighted by atomic mass is 10.1. The Hall–Kier alpha value is -1.23. The molecule has 0 aliphatic carbocycles. The number of benzene rings is 1. The van der Waals surface area contributed by atoms with E-state index in [1.54, 1.807) is 24.3 Å². The Morgan fingerprint density at radius 1 is 1.40 bits per heavy atom. The molecule has 1 rings (SSSR count). The molecule has 0 aliphatic heterocycles. The minimum atomic E-state index is -0.557. The van der Waals surface area contributed by atoms with E-state index in [2.05, 4.69) is 5.32 Å². The smallest absolute Gasteiger partial charge is 0.180 e. The Morgan fingerprint density at radius 3 is 2.67 bits per heavy atom. The van der Waals surface area contributed by atoms with Crippen LogP contribution in [0.15, 0.2) is 30.3 Å². The van der Waals surface area contributed by atoms with E-state index in [0.717, 1.165) is 0 Å². The zero-order valence-electron chi connectivity index (χ0n) is 8.52. The van der Waals surface area contributed by atoms with Crippen molar-refractivity contribution in [1.82, 2.24) is 5.32 Å². The molecule has 82 valence electrons. The van der Waals surface area contributed by atoms with Crippen LogP contribution < -0.4 is 11.1 Å². The van der Waals surface area contributed by atoms with Gasteiger partial charge in [-0.15, -0.1) is 0 Å². The van der Waals surface area contributed by atoms with E-state index < -0.39 is 6.04 Å². The quantitative estimate of drug-likeness (QED) is 0.446. The molecular formula is C11H16N2O2. The van der Waals surface area contributed by atoms with Crippen molar-refractivity contribution >= 4 is 5.78 Å². The molecule has 1 atom stereocenters. The maximum atomic E-state index is 11.7. The number of carbonyl (C=O) groups is 1. The molecule has 0 heterocycles. The molecule has 0 radical (unpaired) electrons. The van der Waals surface area contributed by atoms with E-state index in [4.69, 9.17) is 10.8 Å². The van der Waals surface area contributed by atoms with Crippen LogP contribution in [0.4, 0.5) is 0 Å². The summed E-state index contributed by atoms with van der Waals surface area (Å²) >= 11 is 0. The molecule has 0 amide bonds. The van der Waals surface area contributed by atoms with E-state index in [1.165, 1.54) is 0 Å². The Balaban J connectivity index is 2.46. The van der Waals surface area contributed by atoms with Gasteiger partial charge in [0.05, 0.1) is 12.6 Å². The van der Waals surface area contributed by atoms with E-state index in [0.29, 0.717) is 18.7 Å². The first-order valence-electron chi connectivity index (χ1n) is 4.92. The van der Waals surface area contributed by atoms with Crippen molar-refractivity contribution in [3.8, 4) is 0 Å². The van der Waals surface area contributed by atoms with Crippen LogP contribution in [0.2, 0.25) is 0 Å². The highest BCUT2D eigenvalue weighted by molar-refractivity contribution is 6.00. The van der Waals surface area contributed by atoms with Crippen LogP contribution in [0, 0.1) is 0 Å². The molecule has 1 aromatic rings. The van der Waals surface area contributed by atoms with Crippen LogP contribution in [0.1, 0.15) is 10.4 Å². The summed E-state index contributed by atoms with van der Waals surface area (Å²) < 4.78 is 0. The highest BCUT2D eigenvalue weighted by Crippen LogP contribution is 2.01. The second-order valence-corrected chi connectivity index (χ2v) is 3.26. The number of ketones is 1. The first-order valence-corrected chi connectivity index (χ1v) is 4.92. The third kappa shape index (κ3) is 3.79. The number of carbonyl (C=O) groups excluding carboxylic acids is 1. The summed E-state index contributed by atoms with van der Waals surface area (Å²) in [5.74, 6) is -0.0824. The zero-order valence-corrected chi connectivity index (χ0v) is 8.52. The molecule has 4 nitrogen and oxygen atoms in total. The monoisotopic (exact) mass is 208 g/mol. The number of aliphatic hydroxyl groups is 1. The molecule has 0 aromatic heterocycles. The average molecular weight is 208 g/mol. The fourth-order valence-corrected chi connectivity index (χ4v) is 1.25. The van der Waals surface area contributed by atoms with Gasteiger partial charge in [0.1, 0.15) is 0 Å². The van der Waals surface area contributed by atoms with Crippen LogP contribution >= 0.6 is 0 Å². The van der Waals surface area contributed by atoms with Crippen LogP contribution in [0.25, 0.3) is 0 Å². The van der Waals surface area contributed by atoms with Crippen molar-refractivity contribution in [2.45, 2.75) is 6.04 Å². The number of hydrogen-bond acceptors (Lipinski definition) is 4. The molecule has 0 fully saturated rings. The van der Waals surface area contributed by atoms with Gasteiger partial charge < -0.3 is 16.2 Å². The molecule has 4 N–H and O–H groups in total. The normalized spacial score (nSPS) is 12.4. The van der Waals surface area contributed by atoms with Gasteiger partial charge in [-0.05, 0) is 0 Å². The largest absolute Gasteiger partial charge is 0.395 e. The molecule has 0 saturated heterocycles. The number of nitrogens with one attached hydrogen (secondary N) is 1. The molecule has 4 heteroatoms. The molecule has 1 aromatic carbocycles. The third-order valence-electron chi connectivity index (χ3n) is 2.05. The van der Waals surface area contributed by atoms with E-state index in [1.807, 2.05) is 6.07 Å². The molecule has 0 spiro atoms. The second-order valence-electron chi connectivity index (χ2n) is 3.26. The summed E-state index contributed by atoms with van der Waals surface area (Å²) in [5, 5.41) is 11.4. The van der Waals surface area contributed by atoms with Crippen molar-refractivity contribution in [3.05, 3.63) is 35.9 Å². The fraction of sp³-hybridized carbons (Fsp3) is 0.364. The Morgan fingerprint density at radius 2 is 2.07 bits per heavy atom. The molecular weight excluding hydrogens is 192 g/mol. The molecule has 0 saturated carbocycles. The van der Waals surface area contributed by atoms with Gasteiger partial charge in [-0.25, -0.2) is 0 Å². The average Bonchev–Trinajstić information content (AvgIpc) is 2.29. The van der Waals surface area contributed by atoms with Crippen LogP contribution in [-0.2, 0) is 0 Å². The zero-order chi connectivity index (χ0) is 11.1. The molecule has 0 aliphatic rings. The van der Waals surface area contributed by atoms with Gasteiger partial charge in [0.15, 0.2) is 5.78 Å². The number of hydrogen-bond donors (Lipinski definition) is 3. The van der Waals surface area contributed by atoms with Gasteiger partial charge in [-0.1, -0.05) is 30.3 Å². The lowest BCUT2D eigenvalue weighted by Gasteiger charge is -2.10. The number of Topliss-reactive ketones (excluding diaryl/α,β-unsaturated/α-hetero) is 1. The third-order valence-corrected chi connectivity index (χ3v) is 2.05. The maximum absolute atomic E-state index is 11.7. The standard InChI is InChI=1S/C11H16N2O2/c12-10(8-13-6-7-14)11(15)9-4-2-1-3-5-9/h1-5,10,13-14H,6-8,12H2. The van der Waals surface area contributed by atoms with E-state index in [-0.39, 0.29) is 12.4 Å². The molecule has 0 bridgehead atoms. The highest BCUT2D eigenvalue weighted by Gasteiger charge is 2.14. The van der Waals surface area contributed by atoms with Crippen LogP contribution in [0.5, 0.6) is 0 Å². The van der Waals surface area contributed by atoms with E-state index in [9.17, 15) is 4.79 Å². The second kappa shape index (κ2) is 6.29. The molecule has 15 heavy (non-hydrogen) atoms. The van der Waals surface area contributed by atoms with Crippen LogP contribution in [-0.4, -0.2) is 36.6 Å². The molecule has 1 unspecified atom stereocenters. The van der Waals surface area contributed by atoms with Crippen molar-refractivity contribution in [2.24, 2.45) is 5.73 Å². The topological polar surface area (TPSA) is 75.3 Å². The van der Waals surface area contributed by atoms with Crippen molar-refractivity contribution in [2.75, 3.05) is 19.7 Å². The lowest BCUT2D eigenvalue weighted by molar-refractivity contribution is 0.0959. The fourth-order valence-electron chi connectivity index (χ4n) is 1.25. The van der Waals surface area contributed by atoms with Gasteiger partial charge >= 0.3 is 0 Å². The Kier molecular flexibility index (Phi) is 4.97. The summed E-state index contributed by atoms with van der Waals surface area (Å²) in [6.07, 6.45) is 0. The Bertz CT molecular complexity index is 301. The maximum Gasteiger partial charge on any atom is 0.180 e. The van der Waals surface area contributed by atoms with Crippen molar-refractivity contribution in [3.63, 3.8) is 0 Å². The lowest BCUT2D eigenvalue weighted by Crippen LogP contribution is -2.41. The summed E-state index contributed by atoms with van der Waals surface area (Å²) in [4.78, 5) is 11.7. The number of rotatable bonds is 6. The minimum Gasteiger partial charge on any atom is -0.395 e. The van der Waals surface area contributed by atoms with E-state index >= 15 is 0 Å². The SMILES string of the molecule is NC(CNCCO)C(=O)c1ccccc1. The van der Waals surface area contributed by atoms with Gasteiger partial charge in [-0.2, -0.15) is 0 Å². The predicted molar refractivity (Wildman–Crippen MR) is 58.7 cm³/mol. The predicted octanol–water partition coefficient (Wildman–Crippen LogP) is -0.221. The first kappa shape index (κ1) is 11.8.